The van der Waals surface area contributed by atoms with Crippen LogP contribution in [0.1, 0.15) is 0 Å². The van der Waals surface area contributed by atoms with Crippen molar-refractivity contribution in [2.75, 3.05) is 18.1 Å². The summed E-state index contributed by atoms with van der Waals surface area (Å²) in [6.07, 6.45) is -1.83. The van der Waals surface area contributed by atoms with Gasteiger partial charge in [-0.2, -0.15) is 0 Å². The molecule has 1 aromatic carbocycles. The van der Waals surface area contributed by atoms with Crippen LogP contribution in [0.4, 0.5) is 16.2 Å². The first kappa shape index (κ1) is 21.7. The number of hydrogen-bond acceptors (Lipinski definition) is 6. The molecular formula is C8H13KN2O8S. The number of benzene rings is 1. The van der Waals surface area contributed by atoms with Crippen molar-refractivity contribution >= 4 is 76.5 Å². The van der Waals surface area contributed by atoms with Crippen molar-refractivity contribution in [1.82, 2.24) is 0 Å². The zero-order valence-electron chi connectivity index (χ0n) is 10.6. The van der Waals surface area contributed by atoms with E-state index in [9.17, 15) is 8.42 Å². The van der Waals surface area contributed by atoms with E-state index in [0.717, 1.165) is 5.69 Å². The zero-order chi connectivity index (χ0) is 15.2. The van der Waals surface area contributed by atoms with Crippen molar-refractivity contribution in [3.05, 3.63) is 12.1 Å². The Labute approximate surface area is 148 Å². The predicted octanol–water partition coefficient (Wildman–Crippen LogP) is -1.32. The molecule has 20 heavy (non-hydrogen) atoms. The van der Waals surface area contributed by atoms with E-state index in [2.05, 4.69) is 9.50 Å². The number of carbonyl (C=O) groups is 1. The molecule has 0 amide bonds. The molecule has 0 aliphatic rings. The summed E-state index contributed by atoms with van der Waals surface area (Å²) in [7, 11) is -2.82. The van der Waals surface area contributed by atoms with Crippen LogP contribution in [-0.2, 0) is 10.4 Å². The summed E-state index contributed by atoms with van der Waals surface area (Å²) in [6.45, 7) is 0. The van der Waals surface area contributed by atoms with E-state index in [0.29, 0.717) is -0.342 Å². The van der Waals surface area contributed by atoms with E-state index in [4.69, 9.17) is 25.3 Å². The van der Waals surface area contributed by atoms with Gasteiger partial charge in [0.05, 0.1) is 0 Å². The molecule has 0 aliphatic heterocycles. The minimum atomic E-state index is -4.52. The molecule has 8 N–H and O–H groups in total. The van der Waals surface area contributed by atoms with Crippen LogP contribution < -0.4 is 14.9 Å². The summed E-state index contributed by atoms with van der Waals surface area (Å²) in [4.78, 5) is 8.56. The van der Waals surface area contributed by atoms with Gasteiger partial charge in [0.25, 0.3) is 0 Å². The number of nitrogen functional groups attached to an aromatic ring is 1. The molecule has 0 aliphatic carbocycles. The normalized spacial score (nSPS) is 9.60. The minimum absolute atomic E-state index is 0. The van der Waals surface area contributed by atoms with Crippen LogP contribution in [0.2, 0.25) is 0 Å². The van der Waals surface area contributed by atoms with Crippen molar-refractivity contribution < 1.29 is 37.6 Å². The SMILES string of the molecule is CNc1ccc(N)c(OS(=O)(=O)O)[c]1[K].O.O=C(O)O. The maximum atomic E-state index is 10.6. The topological polar surface area (TPSA) is 191 Å². The molecule has 0 heterocycles. The fourth-order valence-electron chi connectivity index (χ4n) is 1.20. The molecule has 110 valence electrons. The molecular weight excluding hydrogens is 323 g/mol. The number of anilines is 2. The Balaban J connectivity index is 0. The first-order valence-corrected chi connectivity index (χ1v) is 7.66. The van der Waals surface area contributed by atoms with Gasteiger partial charge in [-0.05, 0) is 0 Å². The Morgan fingerprint density at radius 2 is 1.85 bits per heavy atom. The number of nitrogens with two attached hydrogens (primary N) is 1. The van der Waals surface area contributed by atoms with Crippen LogP contribution in [0.25, 0.3) is 0 Å². The third kappa shape index (κ3) is 8.54. The van der Waals surface area contributed by atoms with Gasteiger partial charge in [-0.1, -0.05) is 0 Å². The average Bonchev–Trinajstić information content (AvgIpc) is 2.22. The third-order valence-electron chi connectivity index (χ3n) is 1.89. The summed E-state index contributed by atoms with van der Waals surface area (Å²) in [5.41, 5.74) is 6.50. The summed E-state index contributed by atoms with van der Waals surface area (Å²) < 4.78 is 34.9. The molecule has 0 radical (unpaired) electrons. The Hall–Kier alpha value is -0.604. The van der Waals surface area contributed by atoms with E-state index in [1.807, 2.05) is 0 Å². The molecule has 10 nitrogen and oxygen atoms in total. The molecule has 1 rings (SSSR count). The fourth-order valence-corrected chi connectivity index (χ4v) is 3.12. The van der Waals surface area contributed by atoms with Crippen LogP contribution in [0.3, 0.4) is 0 Å². The van der Waals surface area contributed by atoms with Crippen LogP contribution in [-0.4, -0.2) is 90.8 Å². The first-order valence-electron chi connectivity index (χ1n) is 4.74. The molecule has 0 spiro atoms. The minimum Gasteiger partial charge on any atom is -0.450 e. The van der Waals surface area contributed by atoms with Crippen molar-refractivity contribution in [2.45, 2.75) is 0 Å². The standard InChI is InChI=1S/C7H9N2O4S.CH2O3.K.H2O/c1-9-5-2-3-6(8)7(4-5)13-14(10,11)12;2-1(3)4;;/h2-3,9H,8H2,1H3,(H,10,11,12);(H2,2,3,4);;1H2. The van der Waals surface area contributed by atoms with E-state index in [-0.39, 0.29) is 65.9 Å². The molecule has 12 heteroatoms. The van der Waals surface area contributed by atoms with Gasteiger partial charge in [0, 0.05) is 0 Å². The molecule has 0 saturated carbocycles. The van der Waals surface area contributed by atoms with E-state index in [1.165, 1.54) is 6.07 Å². The summed E-state index contributed by atoms with van der Waals surface area (Å²) in [5, 5.41) is 16.8. The zero-order valence-corrected chi connectivity index (χ0v) is 14.6. The monoisotopic (exact) mass is 336 g/mol. The Morgan fingerprint density at radius 1 is 1.40 bits per heavy atom. The maximum Gasteiger partial charge on any atom is 0.503 e. The van der Waals surface area contributed by atoms with Gasteiger partial charge in [0.1, 0.15) is 0 Å². The second kappa shape index (κ2) is 9.35. The largest absolute Gasteiger partial charge is 0.503 e. The van der Waals surface area contributed by atoms with Crippen molar-refractivity contribution in [3.63, 3.8) is 0 Å². The van der Waals surface area contributed by atoms with E-state index >= 15 is 0 Å². The third-order valence-corrected chi connectivity index (χ3v) is 3.82. The summed E-state index contributed by atoms with van der Waals surface area (Å²) in [6, 6.07) is 3.24. The quantitative estimate of drug-likeness (QED) is 0.253. The Morgan fingerprint density at radius 3 is 2.20 bits per heavy atom. The van der Waals surface area contributed by atoms with Crippen molar-refractivity contribution in [2.24, 2.45) is 0 Å². The molecule has 0 unspecified atom stereocenters. The number of hydrogen-bond donors (Lipinski definition) is 5. The van der Waals surface area contributed by atoms with Gasteiger partial charge in [-0.25, -0.2) is 4.79 Å². The number of nitrogens with one attached hydrogen (secondary N) is 1. The Bertz CT molecular complexity index is 558. The van der Waals surface area contributed by atoms with Crippen molar-refractivity contribution in [1.29, 1.82) is 0 Å². The summed E-state index contributed by atoms with van der Waals surface area (Å²) in [5.74, 6) is 0.0179. The second-order valence-electron chi connectivity index (χ2n) is 3.20. The fraction of sp³-hybridized carbons (Fsp3) is 0.125. The average molecular weight is 336 g/mol. The summed E-state index contributed by atoms with van der Waals surface area (Å²) >= 11 is 0.154. The molecule has 0 fully saturated rings. The van der Waals surface area contributed by atoms with Crippen LogP contribution >= 0.6 is 0 Å². The van der Waals surface area contributed by atoms with Gasteiger partial charge >= 0.3 is 130 Å². The Kier molecular flexibility index (Phi) is 10.1. The second-order valence-corrected chi connectivity index (χ2v) is 5.78. The van der Waals surface area contributed by atoms with Crippen LogP contribution in [0.5, 0.6) is 5.75 Å². The maximum absolute atomic E-state index is 10.6. The van der Waals surface area contributed by atoms with Gasteiger partial charge < -0.3 is 15.7 Å². The molecule has 0 bridgehead atoms. The van der Waals surface area contributed by atoms with Gasteiger partial charge in [-0.3, -0.25) is 0 Å². The van der Waals surface area contributed by atoms with Gasteiger partial charge in [0.15, 0.2) is 0 Å². The number of rotatable bonds is 3. The van der Waals surface area contributed by atoms with Gasteiger partial charge in [0.2, 0.25) is 0 Å². The smallest absolute Gasteiger partial charge is 0.450 e. The van der Waals surface area contributed by atoms with E-state index in [1.54, 1.807) is 13.1 Å². The van der Waals surface area contributed by atoms with E-state index < -0.39 is 16.6 Å². The number of carboxylic acid groups (broad SMARTS) is 2. The molecule has 0 saturated heterocycles. The predicted molar refractivity (Wildman–Crippen MR) is 72.2 cm³/mol. The molecule has 0 atom stereocenters. The van der Waals surface area contributed by atoms with Crippen LogP contribution in [0, 0.1) is 0 Å². The first-order chi connectivity index (χ1) is 8.58. The van der Waals surface area contributed by atoms with Gasteiger partial charge in [-0.15, -0.1) is 0 Å². The molecule has 0 aromatic heterocycles. The molecule has 1 aromatic rings. The van der Waals surface area contributed by atoms with Crippen LogP contribution in [0.15, 0.2) is 12.1 Å². The van der Waals surface area contributed by atoms with Crippen molar-refractivity contribution in [3.8, 4) is 5.75 Å².